The first kappa shape index (κ1) is 15.3. The van der Waals surface area contributed by atoms with Gasteiger partial charge in [0.2, 0.25) is 5.91 Å². The Morgan fingerprint density at radius 2 is 2.12 bits per heavy atom. The van der Waals surface area contributed by atoms with Gasteiger partial charge in [-0.05, 0) is 25.0 Å². The molecule has 3 heterocycles. The number of carbonyl (C=O) groups is 1. The summed E-state index contributed by atoms with van der Waals surface area (Å²) in [4.78, 5) is 33.6. The van der Waals surface area contributed by atoms with E-state index in [1.807, 2.05) is 23.1 Å². The zero-order valence-corrected chi connectivity index (χ0v) is 13.6. The molecule has 24 heavy (non-hydrogen) atoms. The predicted molar refractivity (Wildman–Crippen MR) is 89.8 cm³/mol. The molecule has 6 nitrogen and oxygen atoms in total. The van der Waals surface area contributed by atoms with Gasteiger partial charge in [-0.25, -0.2) is 4.98 Å². The minimum absolute atomic E-state index is 0.124. The molecule has 1 spiro atoms. The van der Waals surface area contributed by atoms with Crippen molar-refractivity contribution >= 4 is 16.8 Å². The van der Waals surface area contributed by atoms with Crippen LogP contribution in [0, 0.1) is 5.41 Å². The van der Waals surface area contributed by atoms with Crippen molar-refractivity contribution in [1.82, 2.24) is 14.9 Å². The maximum Gasteiger partial charge on any atom is 0.258 e. The molecule has 0 aliphatic carbocycles. The summed E-state index contributed by atoms with van der Waals surface area (Å²) in [7, 11) is 0. The average molecular weight is 327 g/mol. The molecule has 0 saturated carbocycles. The van der Waals surface area contributed by atoms with Gasteiger partial charge < -0.3 is 14.6 Å². The third-order valence-corrected chi connectivity index (χ3v) is 5.21. The van der Waals surface area contributed by atoms with Crippen molar-refractivity contribution < 1.29 is 9.53 Å². The highest BCUT2D eigenvalue weighted by Gasteiger charge is 2.41. The van der Waals surface area contributed by atoms with Crippen LogP contribution < -0.4 is 5.56 Å². The Labute approximate surface area is 139 Å². The lowest BCUT2D eigenvalue weighted by Gasteiger charge is -2.39. The molecule has 2 aliphatic heterocycles. The summed E-state index contributed by atoms with van der Waals surface area (Å²) in [5.41, 5.74) is 0.709. The monoisotopic (exact) mass is 327 g/mol. The second-order valence-electron chi connectivity index (χ2n) is 6.90. The number of likely N-dealkylation sites (tertiary alicyclic amines) is 1. The number of rotatable bonds is 3. The average Bonchev–Trinajstić information content (AvgIpc) is 3.04. The maximum absolute atomic E-state index is 12.2. The van der Waals surface area contributed by atoms with Crippen molar-refractivity contribution in [3.8, 4) is 0 Å². The van der Waals surface area contributed by atoms with E-state index in [0.717, 1.165) is 32.6 Å². The molecule has 2 fully saturated rings. The van der Waals surface area contributed by atoms with E-state index in [4.69, 9.17) is 4.74 Å². The van der Waals surface area contributed by atoms with Crippen molar-refractivity contribution in [2.45, 2.75) is 25.7 Å². The first-order valence-corrected chi connectivity index (χ1v) is 8.49. The zero-order chi connectivity index (χ0) is 16.6. The number of H-pyrrole nitrogens is 1. The van der Waals surface area contributed by atoms with Gasteiger partial charge in [0.05, 0.1) is 17.5 Å². The van der Waals surface area contributed by atoms with Crippen LogP contribution in [0.4, 0.5) is 0 Å². The summed E-state index contributed by atoms with van der Waals surface area (Å²) in [6.45, 7) is 2.88. The summed E-state index contributed by atoms with van der Waals surface area (Å²) in [6.07, 6.45) is 3.10. The fourth-order valence-electron chi connectivity index (χ4n) is 3.77. The maximum atomic E-state index is 12.2. The number of carbonyl (C=O) groups excluding carboxylic acids is 1. The van der Waals surface area contributed by atoms with Gasteiger partial charge >= 0.3 is 0 Å². The molecule has 1 aromatic heterocycles. The fraction of sp³-hybridized carbons (Fsp3) is 0.500. The molecule has 2 aromatic rings. The molecule has 0 unspecified atom stereocenters. The number of aromatic nitrogens is 2. The molecular formula is C18H21N3O3. The molecule has 4 rings (SSSR count). The second kappa shape index (κ2) is 6.02. The van der Waals surface area contributed by atoms with Crippen LogP contribution in [-0.2, 0) is 16.0 Å². The third kappa shape index (κ3) is 2.82. The van der Waals surface area contributed by atoms with Crippen molar-refractivity contribution in [3.63, 3.8) is 0 Å². The number of nitrogens with one attached hydrogen (secondary N) is 1. The Bertz CT molecular complexity index is 824. The highest BCUT2D eigenvalue weighted by molar-refractivity contribution is 5.78. The Kier molecular flexibility index (Phi) is 3.84. The number of amides is 1. The Balaban J connectivity index is 1.49. The van der Waals surface area contributed by atoms with Gasteiger partial charge in [0.25, 0.3) is 5.56 Å². The molecular weight excluding hydrogens is 306 g/mol. The summed E-state index contributed by atoms with van der Waals surface area (Å²) in [5, 5.41) is 0.595. The Hall–Kier alpha value is -2.21. The number of benzene rings is 1. The van der Waals surface area contributed by atoms with Gasteiger partial charge in [-0.2, -0.15) is 0 Å². The van der Waals surface area contributed by atoms with E-state index in [1.54, 1.807) is 6.07 Å². The molecule has 0 radical (unpaired) electrons. The number of nitrogens with zero attached hydrogens (tertiary/aromatic N) is 2. The van der Waals surface area contributed by atoms with Crippen LogP contribution in [0.25, 0.3) is 10.9 Å². The van der Waals surface area contributed by atoms with Gasteiger partial charge in [0.1, 0.15) is 5.82 Å². The first-order chi connectivity index (χ1) is 11.7. The van der Waals surface area contributed by atoms with E-state index in [9.17, 15) is 9.59 Å². The number of aromatic amines is 1. The molecule has 1 aromatic carbocycles. The number of hydrogen-bond acceptors (Lipinski definition) is 4. The van der Waals surface area contributed by atoms with E-state index in [0.29, 0.717) is 36.1 Å². The SMILES string of the molecule is O=C1CC[C@]2(CCOC2)CN1CCc1nc2ccccc2c(=O)[nH]1. The number of piperidine rings is 1. The lowest BCUT2D eigenvalue weighted by molar-refractivity contribution is -0.137. The van der Waals surface area contributed by atoms with Gasteiger partial charge in [-0.3, -0.25) is 9.59 Å². The number of ether oxygens (including phenoxy) is 1. The summed E-state index contributed by atoms with van der Waals surface area (Å²) in [6, 6.07) is 7.30. The van der Waals surface area contributed by atoms with E-state index in [-0.39, 0.29) is 16.9 Å². The molecule has 1 atom stereocenters. The van der Waals surface area contributed by atoms with Crippen LogP contribution in [0.3, 0.4) is 0 Å². The summed E-state index contributed by atoms with van der Waals surface area (Å²) >= 11 is 0. The summed E-state index contributed by atoms with van der Waals surface area (Å²) < 4.78 is 5.55. The highest BCUT2D eigenvalue weighted by Crippen LogP contribution is 2.37. The topological polar surface area (TPSA) is 75.3 Å². The van der Waals surface area contributed by atoms with Crippen LogP contribution in [-0.4, -0.2) is 47.1 Å². The molecule has 1 amide bonds. The lowest BCUT2D eigenvalue weighted by atomic mass is 9.79. The quantitative estimate of drug-likeness (QED) is 0.927. The Morgan fingerprint density at radius 3 is 2.96 bits per heavy atom. The predicted octanol–water partition coefficient (Wildman–Crippen LogP) is 1.49. The zero-order valence-electron chi connectivity index (χ0n) is 13.6. The van der Waals surface area contributed by atoms with Crippen LogP contribution in [0.5, 0.6) is 0 Å². The van der Waals surface area contributed by atoms with Crippen molar-refractivity contribution in [2.75, 3.05) is 26.3 Å². The highest BCUT2D eigenvalue weighted by atomic mass is 16.5. The van der Waals surface area contributed by atoms with E-state index < -0.39 is 0 Å². The molecule has 1 N–H and O–H groups in total. The lowest BCUT2D eigenvalue weighted by Crippen LogP contribution is -2.47. The molecule has 2 saturated heterocycles. The minimum Gasteiger partial charge on any atom is -0.381 e. The smallest absolute Gasteiger partial charge is 0.258 e. The first-order valence-electron chi connectivity index (χ1n) is 8.49. The molecule has 0 bridgehead atoms. The minimum atomic E-state index is -0.124. The second-order valence-corrected chi connectivity index (χ2v) is 6.90. The van der Waals surface area contributed by atoms with Gasteiger partial charge in [0.15, 0.2) is 0 Å². The Morgan fingerprint density at radius 1 is 1.25 bits per heavy atom. The van der Waals surface area contributed by atoms with E-state index >= 15 is 0 Å². The van der Waals surface area contributed by atoms with Crippen molar-refractivity contribution in [1.29, 1.82) is 0 Å². The van der Waals surface area contributed by atoms with Crippen LogP contribution >= 0.6 is 0 Å². The van der Waals surface area contributed by atoms with E-state index in [2.05, 4.69) is 9.97 Å². The van der Waals surface area contributed by atoms with Crippen LogP contribution in [0.1, 0.15) is 25.1 Å². The number of fused-ring (bicyclic) bond motifs is 1. The molecule has 2 aliphatic rings. The van der Waals surface area contributed by atoms with Gasteiger partial charge in [0, 0.05) is 38.0 Å². The fourth-order valence-corrected chi connectivity index (χ4v) is 3.77. The van der Waals surface area contributed by atoms with Crippen molar-refractivity contribution in [3.05, 3.63) is 40.4 Å². The summed E-state index contributed by atoms with van der Waals surface area (Å²) in [5.74, 6) is 0.824. The van der Waals surface area contributed by atoms with E-state index in [1.165, 1.54) is 0 Å². The largest absolute Gasteiger partial charge is 0.381 e. The third-order valence-electron chi connectivity index (χ3n) is 5.21. The van der Waals surface area contributed by atoms with Crippen LogP contribution in [0.2, 0.25) is 0 Å². The molecule has 6 heteroatoms. The number of para-hydroxylation sites is 1. The van der Waals surface area contributed by atoms with Crippen molar-refractivity contribution in [2.24, 2.45) is 5.41 Å². The standard InChI is InChI=1S/C18H21N3O3/c22-16-5-7-18(8-10-24-12-18)11-21(16)9-6-15-19-14-4-2-1-3-13(14)17(23)20-15/h1-4H,5-12H2,(H,19,20,23)/t18-/m0/s1. The number of hydrogen-bond donors (Lipinski definition) is 1. The normalized spacial score (nSPS) is 24.2. The molecule has 126 valence electrons. The van der Waals surface area contributed by atoms with Crippen LogP contribution in [0.15, 0.2) is 29.1 Å². The van der Waals surface area contributed by atoms with Gasteiger partial charge in [-0.15, -0.1) is 0 Å². The van der Waals surface area contributed by atoms with Gasteiger partial charge in [-0.1, -0.05) is 12.1 Å².